The summed E-state index contributed by atoms with van der Waals surface area (Å²) in [6, 6.07) is 10.4. The number of hydrogen-bond acceptors (Lipinski definition) is 0. The highest BCUT2D eigenvalue weighted by molar-refractivity contribution is 9.25. The first-order valence-electron chi connectivity index (χ1n) is 4.50. The van der Waals surface area contributed by atoms with E-state index in [4.69, 9.17) is 0 Å². The summed E-state index contributed by atoms with van der Waals surface area (Å²) >= 11 is 7.16. The van der Waals surface area contributed by atoms with Crippen LogP contribution in [-0.4, -0.2) is 3.23 Å². The molecule has 0 heterocycles. The SMILES string of the molecule is BrC1(Br)C=CC(c2ccccc2)=CC1. The Morgan fingerprint density at radius 2 is 1.79 bits per heavy atom. The monoisotopic (exact) mass is 312 g/mol. The van der Waals surface area contributed by atoms with Crippen molar-refractivity contribution in [2.24, 2.45) is 0 Å². The lowest BCUT2D eigenvalue weighted by Crippen LogP contribution is -2.08. The first-order chi connectivity index (χ1) is 6.67. The van der Waals surface area contributed by atoms with Gasteiger partial charge in [0.05, 0.1) is 0 Å². The van der Waals surface area contributed by atoms with Crippen LogP contribution in [0, 0.1) is 0 Å². The third-order valence-corrected chi connectivity index (χ3v) is 3.38. The molecule has 72 valence electrons. The average Bonchev–Trinajstić information content (AvgIpc) is 2.19. The zero-order valence-electron chi connectivity index (χ0n) is 7.58. The number of hydrogen-bond donors (Lipinski definition) is 0. The van der Waals surface area contributed by atoms with Crippen molar-refractivity contribution in [2.75, 3.05) is 0 Å². The Labute approximate surface area is 101 Å². The lowest BCUT2D eigenvalue weighted by atomic mass is 10.00. The quantitative estimate of drug-likeness (QED) is 0.669. The van der Waals surface area contributed by atoms with Gasteiger partial charge in [0.25, 0.3) is 0 Å². The van der Waals surface area contributed by atoms with Crippen LogP contribution in [0.4, 0.5) is 0 Å². The summed E-state index contributed by atoms with van der Waals surface area (Å²) in [6.45, 7) is 0. The van der Waals surface area contributed by atoms with E-state index in [1.54, 1.807) is 0 Å². The van der Waals surface area contributed by atoms with Gasteiger partial charge >= 0.3 is 0 Å². The van der Waals surface area contributed by atoms with Crippen LogP contribution in [0.2, 0.25) is 0 Å². The summed E-state index contributed by atoms with van der Waals surface area (Å²) in [6.07, 6.45) is 7.48. The Kier molecular flexibility index (Phi) is 2.93. The zero-order valence-corrected chi connectivity index (χ0v) is 10.8. The van der Waals surface area contributed by atoms with Crippen molar-refractivity contribution in [1.82, 2.24) is 0 Å². The van der Waals surface area contributed by atoms with E-state index in [1.807, 2.05) is 6.07 Å². The van der Waals surface area contributed by atoms with Crippen molar-refractivity contribution in [1.29, 1.82) is 0 Å². The van der Waals surface area contributed by atoms with E-state index in [-0.39, 0.29) is 3.23 Å². The molecule has 0 amide bonds. The molecule has 0 aliphatic heterocycles. The fraction of sp³-hybridized carbons (Fsp3) is 0.167. The molecule has 0 spiro atoms. The minimum atomic E-state index is -0.0434. The Morgan fingerprint density at radius 1 is 1.07 bits per heavy atom. The summed E-state index contributed by atoms with van der Waals surface area (Å²) in [4.78, 5) is 0. The smallest absolute Gasteiger partial charge is 0.0741 e. The van der Waals surface area contributed by atoms with Gasteiger partial charge in [-0.1, -0.05) is 80.4 Å². The second kappa shape index (κ2) is 4.03. The molecule has 14 heavy (non-hydrogen) atoms. The third-order valence-electron chi connectivity index (χ3n) is 2.21. The molecule has 0 nitrogen and oxygen atoms in total. The third kappa shape index (κ3) is 2.37. The first kappa shape index (κ1) is 10.2. The summed E-state index contributed by atoms with van der Waals surface area (Å²) in [5, 5.41) is 0. The van der Waals surface area contributed by atoms with Crippen molar-refractivity contribution in [2.45, 2.75) is 9.65 Å². The zero-order chi connectivity index (χ0) is 10.0. The van der Waals surface area contributed by atoms with Crippen LogP contribution in [0.25, 0.3) is 5.57 Å². The van der Waals surface area contributed by atoms with E-state index in [2.05, 4.69) is 74.4 Å². The highest BCUT2D eigenvalue weighted by Crippen LogP contribution is 2.37. The van der Waals surface area contributed by atoms with E-state index >= 15 is 0 Å². The maximum absolute atomic E-state index is 3.58. The number of alkyl halides is 2. The van der Waals surface area contributed by atoms with Gasteiger partial charge in [0.15, 0.2) is 0 Å². The second-order valence-electron chi connectivity index (χ2n) is 3.32. The molecule has 2 heteroatoms. The van der Waals surface area contributed by atoms with Crippen LogP contribution in [0.15, 0.2) is 48.6 Å². The highest BCUT2D eigenvalue weighted by Gasteiger charge is 2.20. The van der Waals surface area contributed by atoms with E-state index in [9.17, 15) is 0 Å². The van der Waals surface area contributed by atoms with Crippen molar-refractivity contribution >= 4 is 37.4 Å². The fourth-order valence-electron chi connectivity index (χ4n) is 1.44. The topological polar surface area (TPSA) is 0 Å². The number of benzene rings is 1. The maximum Gasteiger partial charge on any atom is 0.102 e. The lowest BCUT2D eigenvalue weighted by Gasteiger charge is -2.18. The van der Waals surface area contributed by atoms with Crippen LogP contribution in [-0.2, 0) is 0 Å². The van der Waals surface area contributed by atoms with Gasteiger partial charge in [-0.05, 0) is 17.6 Å². The van der Waals surface area contributed by atoms with E-state index in [1.165, 1.54) is 11.1 Å². The van der Waals surface area contributed by atoms with E-state index in [0.29, 0.717) is 0 Å². The Morgan fingerprint density at radius 3 is 2.36 bits per heavy atom. The second-order valence-corrected chi connectivity index (χ2v) is 7.22. The van der Waals surface area contributed by atoms with Crippen LogP contribution in [0.3, 0.4) is 0 Å². The van der Waals surface area contributed by atoms with Crippen LogP contribution >= 0.6 is 31.9 Å². The van der Waals surface area contributed by atoms with Crippen LogP contribution in [0.1, 0.15) is 12.0 Å². The molecule has 0 saturated heterocycles. The highest BCUT2D eigenvalue weighted by atomic mass is 79.9. The summed E-state index contributed by atoms with van der Waals surface area (Å²) in [5.41, 5.74) is 2.57. The average molecular weight is 314 g/mol. The minimum absolute atomic E-state index is 0.0434. The summed E-state index contributed by atoms with van der Waals surface area (Å²) in [5.74, 6) is 0. The number of rotatable bonds is 1. The lowest BCUT2D eigenvalue weighted by molar-refractivity contribution is 1.03. The van der Waals surface area contributed by atoms with Gasteiger partial charge < -0.3 is 0 Å². The molecule has 0 aromatic heterocycles. The standard InChI is InChI=1S/C12H10Br2/c13-12(14)8-6-11(7-9-12)10-4-2-1-3-5-10/h1-8H,9H2. The van der Waals surface area contributed by atoms with Crippen LogP contribution in [0.5, 0.6) is 0 Å². The Balaban J connectivity index is 2.25. The molecule has 0 bridgehead atoms. The molecule has 1 aromatic carbocycles. The van der Waals surface area contributed by atoms with E-state index < -0.39 is 0 Å². The molecule has 1 aromatic rings. The van der Waals surface area contributed by atoms with Crippen molar-refractivity contribution in [3.05, 3.63) is 54.1 Å². The molecule has 1 aliphatic rings. The summed E-state index contributed by atoms with van der Waals surface area (Å²) in [7, 11) is 0. The van der Waals surface area contributed by atoms with Crippen molar-refractivity contribution in [3.8, 4) is 0 Å². The van der Waals surface area contributed by atoms with Crippen molar-refractivity contribution in [3.63, 3.8) is 0 Å². The molecule has 0 saturated carbocycles. The van der Waals surface area contributed by atoms with Gasteiger partial charge in [0, 0.05) is 0 Å². The Hall–Kier alpha value is -0.340. The maximum atomic E-state index is 3.58. The molecule has 0 atom stereocenters. The molecular weight excluding hydrogens is 304 g/mol. The van der Waals surface area contributed by atoms with Gasteiger partial charge in [-0.25, -0.2) is 0 Å². The molecule has 0 radical (unpaired) electrons. The van der Waals surface area contributed by atoms with Gasteiger partial charge in [0.1, 0.15) is 3.23 Å². The minimum Gasteiger partial charge on any atom is -0.0741 e. The molecule has 0 fully saturated rings. The van der Waals surface area contributed by atoms with Crippen molar-refractivity contribution < 1.29 is 0 Å². The van der Waals surface area contributed by atoms with E-state index in [0.717, 1.165) is 6.42 Å². The summed E-state index contributed by atoms with van der Waals surface area (Å²) < 4.78 is -0.0434. The largest absolute Gasteiger partial charge is 0.102 e. The fourth-order valence-corrected chi connectivity index (χ4v) is 2.03. The Bertz CT molecular complexity index is 375. The molecule has 0 unspecified atom stereocenters. The van der Waals surface area contributed by atoms with Gasteiger partial charge in [-0.15, -0.1) is 0 Å². The predicted octanol–water partition coefficient (Wildman–Crippen LogP) is 4.52. The predicted molar refractivity (Wildman–Crippen MR) is 68.8 cm³/mol. The number of halogens is 2. The van der Waals surface area contributed by atoms with Gasteiger partial charge in [-0.2, -0.15) is 0 Å². The van der Waals surface area contributed by atoms with Gasteiger partial charge in [0.2, 0.25) is 0 Å². The number of allylic oxidation sites excluding steroid dienone is 4. The molecule has 0 N–H and O–H groups in total. The first-order valence-corrected chi connectivity index (χ1v) is 6.09. The molecule has 2 rings (SSSR count). The molecular formula is C12H10Br2. The molecule has 1 aliphatic carbocycles. The van der Waals surface area contributed by atoms with Gasteiger partial charge in [-0.3, -0.25) is 0 Å². The van der Waals surface area contributed by atoms with Crippen LogP contribution < -0.4 is 0 Å². The normalized spacial score (nSPS) is 19.1.